The molecule has 166 valence electrons. The maximum absolute atomic E-state index is 6.37. The van der Waals surface area contributed by atoms with Crippen LogP contribution in [0.2, 0.25) is 17.3 Å². The first-order chi connectivity index (χ1) is 16.4. The second-order valence-corrected chi connectivity index (χ2v) is 20.7. The minimum absolute atomic E-state index is 0.858. The molecule has 3 heterocycles. The molecule has 0 aliphatic rings. The Morgan fingerprint density at radius 2 is 1.56 bits per heavy atom. The quantitative estimate of drug-likeness (QED) is 0.232. The molecule has 0 atom stereocenters. The molecule has 3 nitrogen and oxygen atoms in total. The van der Waals surface area contributed by atoms with E-state index in [1.165, 1.54) is 20.9 Å². The Labute approximate surface area is 201 Å². The minimum atomic E-state index is -1.99. The van der Waals surface area contributed by atoms with Crippen molar-refractivity contribution in [1.29, 1.82) is 0 Å². The van der Waals surface area contributed by atoms with Crippen LogP contribution in [0.5, 0.6) is 0 Å². The van der Waals surface area contributed by atoms with Crippen LogP contribution in [-0.2, 0) is 0 Å². The van der Waals surface area contributed by atoms with Gasteiger partial charge >= 0.3 is 195 Å². The fraction of sp³-hybridized carbons (Fsp3) is 0.133. The van der Waals surface area contributed by atoms with Gasteiger partial charge in [0.2, 0.25) is 0 Å². The second-order valence-electron chi connectivity index (χ2n) is 10.0. The fourth-order valence-electron chi connectivity index (χ4n) is 4.68. The summed E-state index contributed by atoms with van der Waals surface area (Å²) in [5.74, 6) is 7.30. The fourth-order valence-corrected chi connectivity index (χ4v) is 7.11. The first-order valence-electron chi connectivity index (χ1n) is 11.7. The van der Waals surface area contributed by atoms with E-state index >= 15 is 0 Å². The van der Waals surface area contributed by atoms with Gasteiger partial charge in [-0.2, -0.15) is 0 Å². The maximum atomic E-state index is 6.37. The van der Waals surface area contributed by atoms with Crippen LogP contribution in [0.15, 0.2) is 89.5 Å². The van der Waals surface area contributed by atoms with Crippen molar-refractivity contribution >= 4 is 50.5 Å². The molecule has 0 aliphatic heterocycles. The van der Waals surface area contributed by atoms with Crippen molar-refractivity contribution in [3.63, 3.8) is 0 Å². The van der Waals surface area contributed by atoms with E-state index in [-0.39, 0.29) is 0 Å². The Morgan fingerprint density at radius 3 is 2.35 bits per heavy atom. The van der Waals surface area contributed by atoms with E-state index in [0.717, 1.165) is 44.4 Å². The molecule has 0 radical (unpaired) electrons. The molecule has 0 unspecified atom stereocenters. The molecule has 0 saturated carbocycles. The summed E-state index contributed by atoms with van der Waals surface area (Å²) in [6, 6.07) is 28.0. The SMILES string of the molecule is Cc1cc2oc3c(-c4cc(-c5ccccc5)c5c[c]([Ge]([CH3])([CH3])[CH3])ccc5n4)cccc3c2cn1. The zero-order valence-electron chi connectivity index (χ0n) is 19.9. The number of benzene rings is 3. The van der Waals surface area contributed by atoms with Gasteiger partial charge in [-0.3, -0.25) is 0 Å². The summed E-state index contributed by atoms with van der Waals surface area (Å²) in [4.78, 5) is 9.62. The third-order valence-corrected chi connectivity index (χ3v) is 10.8. The van der Waals surface area contributed by atoms with Crippen LogP contribution in [0.1, 0.15) is 5.69 Å². The average Bonchev–Trinajstić information content (AvgIpc) is 3.20. The molecule has 3 aromatic carbocycles. The summed E-state index contributed by atoms with van der Waals surface area (Å²) < 4.78 is 7.86. The predicted molar refractivity (Wildman–Crippen MR) is 145 cm³/mol. The Morgan fingerprint density at radius 1 is 0.735 bits per heavy atom. The molecule has 0 N–H and O–H groups in total. The van der Waals surface area contributed by atoms with Gasteiger partial charge in [0.15, 0.2) is 0 Å². The van der Waals surface area contributed by atoms with Gasteiger partial charge in [0.1, 0.15) is 0 Å². The number of nitrogens with zero attached hydrogens (tertiary/aromatic N) is 2. The van der Waals surface area contributed by atoms with Gasteiger partial charge in [-0.15, -0.1) is 0 Å². The number of pyridine rings is 2. The molecule has 4 heteroatoms. The molecular formula is C30H26GeN2O. The number of hydrogen-bond donors (Lipinski definition) is 0. The van der Waals surface area contributed by atoms with Gasteiger partial charge in [0, 0.05) is 0 Å². The number of rotatable bonds is 3. The average molecular weight is 503 g/mol. The van der Waals surface area contributed by atoms with E-state index in [1.54, 1.807) is 0 Å². The van der Waals surface area contributed by atoms with Crippen LogP contribution >= 0.6 is 0 Å². The van der Waals surface area contributed by atoms with Gasteiger partial charge < -0.3 is 0 Å². The van der Waals surface area contributed by atoms with Gasteiger partial charge in [0.25, 0.3) is 0 Å². The van der Waals surface area contributed by atoms with Crippen molar-refractivity contribution in [2.45, 2.75) is 24.2 Å². The molecule has 6 aromatic rings. The normalized spacial score (nSPS) is 12.1. The first-order valence-corrected chi connectivity index (χ1v) is 19.0. The molecular weight excluding hydrogens is 477 g/mol. The molecule has 0 fully saturated rings. The Kier molecular flexibility index (Phi) is 4.85. The van der Waals surface area contributed by atoms with Gasteiger partial charge in [0.05, 0.1) is 0 Å². The Balaban J connectivity index is 1.66. The van der Waals surface area contributed by atoms with Crippen LogP contribution in [0.3, 0.4) is 0 Å². The molecule has 0 amide bonds. The van der Waals surface area contributed by atoms with Crippen LogP contribution in [0.25, 0.3) is 55.2 Å². The molecule has 34 heavy (non-hydrogen) atoms. The predicted octanol–water partition coefficient (Wildman–Crippen LogP) is 7.72. The van der Waals surface area contributed by atoms with Crippen molar-refractivity contribution in [2.75, 3.05) is 0 Å². The number of hydrogen-bond acceptors (Lipinski definition) is 3. The van der Waals surface area contributed by atoms with E-state index in [2.05, 4.69) is 95.0 Å². The topological polar surface area (TPSA) is 38.9 Å². The molecule has 0 bridgehead atoms. The number of furan rings is 1. The van der Waals surface area contributed by atoms with E-state index < -0.39 is 13.3 Å². The zero-order valence-corrected chi connectivity index (χ0v) is 22.0. The molecule has 0 saturated heterocycles. The monoisotopic (exact) mass is 504 g/mol. The van der Waals surface area contributed by atoms with Crippen molar-refractivity contribution < 1.29 is 4.42 Å². The first kappa shape index (κ1) is 21.1. The summed E-state index contributed by atoms with van der Waals surface area (Å²) in [7, 11) is 0. The van der Waals surface area contributed by atoms with Crippen LogP contribution in [0.4, 0.5) is 0 Å². The summed E-state index contributed by atoms with van der Waals surface area (Å²) in [5, 5.41) is 3.32. The van der Waals surface area contributed by atoms with Crippen molar-refractivity contribution in [3.05, 3.63) is 90.8 Å². The van der Waals surface area contributed by atoms with Gasteiger partial charge in [-0.25, -0.2) is 0 Å². The number of aryl methyl sites for hydroxylation is 1. The standard InChI is InChI=1S/C30H26GeN2O/c1-19-15-29-26(18-32-19)22-11-8-12-23(30(22)34-29)28-17-24(20-9-6-5-7-10-20)25-16-21(31(2,3)4)13-14-27(25)33-28/h5-18H,1-4H3. The van der Waals surface area contributed by atoms with Crippen molar-refractivity contribution in [2.24, 2.45) is 0 Å². The van der Waals surface area contributed by atoms with Crippen molar-refractivity contribution in [1.82, 2.24) is 9.97 Å². The second kappa shape index (κ2) is 7.81. The summed E-state index contributed by atoms with van der Waals surface area (Å²) in [6.45, 7) is 1.99. The Bertz CT molecular complexity index is 1690. The molecule has 0 aliphatic carbocycles. The number of para-hydroxylation sites is 1. The van der Waals surface area contributed by atoms with Crippen molar-refractivity contribution in [3.8, 4) is 22.4 Å². The van der Waals surface area contributed by atoms with E-state index in [0.29, 0.717) is 0 Å². The van der Waals surface area contributed by atoms with Crippen LogP contribution < -0.4 is 4.40 Å². The third kappa shape index (κ3) is 3.52. The number of aromatic nitrogens is 2. The molecule has 3 aromatic heterocycles. The van der Waals surface area contributed by atoms with Gasteiger partial charge in [-0.1, -0.05) is 0 Å². The summed E-state index contributed by atoms with van der Waals surface area (Å²) >= 11 is -1.99. The number of fused-ring (bicyclic) bond motifs is 4. The van der Waals surface area contributed by atoms with E-state index in [1.807, 2.05) is 19.2 Å². The van der Waals surface area contributed by atoms with Crippen LogP contribution in [0, 0.1) is 6.92 Å². The zero-order chi connectivity index (χ0) is 23.4. The third-order valence-electron chi connectivity index (χ3n) is 6.56. The van der Waals surface area contributed by atoms with E-state index in [9.17, 15) is 0 Å². The summed E-state index contributed by atoms with van der Waals surface area (Å²) in [5.41, 5.74) is 8.01. The van der Waals surface area contributed by atoms with Gasteiger partial charge in [-0.05, 0) is 6.92 Å². The summed E-state index contributed by atoms with van der Waals surface area (Å²) in [6.07, 6.45) is 1.91. The molecule has 6 rings (SSSR count). The molecule has 0 spiro atoms. The van der Waals surface area contributed by atoms with Crippen LogP contribution in [-0.4, -0.2) is 23.2 Å². The Hall–Kier alpha value is -3.44. The van der Waals surface area contributed by atoms with E-state index in [4.69, 9.17) is 9.40 Å².